The lowest BCUT2D eigenvalue weighted by atomic mass is 10.0. The van der Waals surface area contributed by atoms with E-state index < -0.39 is 5.60 Å². The second-order valence-electron chi connectivity index (χ2n) is 8.75. The summed E-state index contributed by atoms with van der Waals surface area (Å²) in [4.78, 5) is 16.5. The largest absolute Gasteiger partial charge is 0.444 e. The van der Waals surface area contributed by atoms with Crippen LogP contribution in [-0.2, 0) is 4.74 Å². The van der Waals surface area contributed by atoms with Crippen molar-refractivity contribution in [2.24, 2.45) is 0 Å². The van der Waals surface area contributed by atoms with Crippen LogP contribution in [-0.4, -0.2) is 52.5 Å². The molecule has 0 N–H and O–H groups in total. The van der Waals surface area contributed by atoms with Crippen LogP contribution in [0.3, 0.4) is 0 Å². The maximum absolute atomic E-state index is 12.5. The molecule has 1 fully saturated rings. The first-order chi connectivity index (χ1) is 14.3. The fourth-order valence-electron chi connectivity index (χ4n) is 3.88. The van der Waals surface area contributed by atoms with E-state index in [0.717, 1.165) is 27.8 Å². The zero-order valence-corrected chi connectivity index (χ0v) is 18.0. The van der Waals surface area contributed by atoms with Crippen molar-refractivity contribution in [1.29, 1.82) is 0 Å². The minimum absolute atomic E-state index is 0.103. The van der Waals surface area contributed by atoms with Crippen LogP contribution in [0.2, 0.25) is 0 Å². The van der Waals surface area contributed by atoms with Gasteiger partial charge in [0.15, 0.2) is 5.82 Å². The Bertz CT molecular complexity index is 1050. The third kappa shape index (κ3) is 4.08. The molecule has 156 valence electrons. The van der Waals surface area contributed by atoms with Crippen LogP contribution >= 0.6 is 0 Å². The Balaban J connectivity index is 1.63. The molecule has 1 atom stereocenters. The number of carbonyl (C=O) groups is 1. The Morgan fingerprint density at radius 1 is 0.967 bits per heavy atom. The van der Waals surface area contributed by atoms with E-state index in [0.29, 0.717) is 19.6 Å². The number of hydrogen-bond acceptors (Lipinski definition) is 5. The molecule has 1 saturated heterocycles. The Labute approximate surface area is 177 Å². The van der Waals surface area contributed by atoms with Crippen molar-refractivity contribution < 1.29 is 9.53 Å². The number of piperazine rings is 1. The van der Waals surface area contributed by atoms with Gasteiger partial charge in [0.1, 0.15) is 11.3 Å². The molecule has 1 aliphatic heterocycles. The number of nitrogens with zero attached hydrogens (tertiary/aromatic N) is 4. The average molecular weight is 405 g/mol. The standard InChI is InChI=1S/C24H28N4O2/c1-17-16-27(23(29)30-24(2,3)4)14-15-28(17)22-20-13-9-8-12-19(20)21(25-26-22)18-10-6-5-7-11-18/h5-13,17H,14-16H2,1-4H3. The smallest absolute Gasteiger partial charge is 0.410 e. The number of hydrogen-bond donors (Lipinski definition) is 0. The number of carbonyl (C=O) groups excluding carboxylic acids is 1. The van der Waals surface area contributed by atoms with Crippen LogP contribution in [0.1, 0.15) is 27.7 Å². The van der Waals surface area contributed by atoms with Crippen molar-refractivity contribution in [1.82, 2.24) is 15.1 Å². The quantitative estimate of drug-likeness (QED) is 0.617. The molecule has 2 aromatic carbocycles. The lowest BCUT2D eigenvalue weighted by Crippen LogP contribution is -2.55. The van der Waals surface area contributed by atoms with Gasteiger partial charge in [0.2, 0.25) is 0 Å². The zero-order valence-electron chi connectivity index (χ0n) is 18.0. The summed E-state index contributed by atoms with van der Waals surface area (Å²) in [5.74, 6) is 0.863. The molecule has 4 rings (SSSR count). The van der Waals surface area contributed by atoms with E-state index >= 15 is 0 Å². The van der Waals surface area contributed by atoms with Crippen LogP contribution in [0.25, 0.3) is 22.0 Å². The van der Waals surface area contributed by atoms with Gasteiger partial charge < -0.3 is 14.5 Å². The fourth-order valence-corrected chi connectivity index (χ4v) is 3.88. The summed E-state index contributed by atoms with van der Waals surface area (Å²) in [6, 6.07) is 18.5. The van der Waals surface area contributed by atoms with E-state index in [1.165, 1.54) is 0 Å². The molecule has 6 heteroatoms. The Hall–Kier alpha value is -3.15. The summed E-state index contributed by atoms with van der Waals surface area (Å²) in [5.41, 5.74) is 1.44. The van der Waals surface area contributed by atoms with Crippen LogP contribution < -0.4 is 4.90 Å². The molecule has 30 heavy (non-hydrogen) atoms. The topological polar surface area (TPSA) is 58.6 Å². The maximum Gasteiger partial charge on any atom is 0.410 e. The van der Waals surface area contributed by atoms with Crippen molar-refractivity contribution in [2.45, 2.75) is 39.3 Å². The molecule has 2 heterocycles. The summed E-state index contributed by atoms with van der Waals surface area (Å²) >= 11 is 0. The average Bonchev–Trinajstić information content (AvgIpc) is 2.72. The van der Waals surface area contributed by atoms with Gasteiger partial charge in [-0.1, -0.05) is 54.6 Å². The van der Waals surface area contributed by atoms with Crippen LogP contribution in [0.15, 0.2) is 54.6 Å². The number of ether oxygens (including phenoxy) is 1. The van der Waals surface area contributed by atoms with E-state index in [1.54, 1.807) is 4.90 Å². The molecule has 6 nitrogen and oxygen atoms in total. The zero-order chi connectivity index (χ0) is 21.3. The van der Waals surface area contributed by atoms with Gasteiger partial charge in [-0.3, -0.25) is 0 Å². The molecule has 0 spiro atoms. The van der Waals surface area contributed by atoms with Gasteiger partial charge in [-0.15, -0.1) is 10.2 Å². The van der Waals surface area contributed by atoms with E-state index in [1.807, 2.05) is 51.1 Å². The molecule has 0 bridgehead atoms. The Morgan fingerprint density at radius 3 is 2.30 bits per heavy atom. The lowest BCUT2D eigenvalue weighted by Gasteiger charge is -2.41. The number of amides is 1. The highest BCUT2D eigenvalue weighted by molar-refractivity contribution is 6.00. The summed E-state index contributed by atoms with van der Waals surface area (Å²) in [5, 5.41) is 11.4. The summed E-state index contributed by atoms with van der Waals surface area (Å²) in [6.07, 6.45) is -0.260. The molecule has 0 saturated carbocycles. The van der Waals surface area contributed by atoms with Crippen molar-refractivity contribution in [3.05, 3.63) is 54.6 Å². The summed E-state index contributed by atoms with van der Waals surface area (Å²) < 4.78 is 5.54. The van der Waals surface area contributed by atoms with Crippen LogP contribution in [0, 0.1) is 0 Å². The minimum Gasteiger partial charge on any atom is -0.444 e. The normalized spacial score (nSPS) is 17.3. The molecule has 0 radical (unpaired) electrons. The van der Waals surface area contributed by atoms with E-state index in [2.05, 4.69) is 46.3 Å². The first-order valence-electron chi connectivity index (χ1n) is 10.4. The fraction of sp³-hybridized carbons (Fsp3) is 0.375. The minimum atomic E-state index is -0.494. The SMILES string of the molecule is CC1CN(C(=O)OC(C)(C)C)CCN1c1nnc(-c2ccccc2)c2ccccc12. The molecule has 1 unspecified atom stereocenters. The van der Waals surface area contributed by atoms with Gasteiger partial charge in [0.05, 0.1) is 0 Å². The van der Waals surface area contributed by atoms with Gasteiger partial charge in [-0.05, 0) is 27.7 Å². The number of anilines is 1. The lowest BCUT2D eigenvalue weighted by molar-refractivity contribution is 0.0218. The third-order valence-corrected chi connectivity index (χ3v) is 5.27. The van der Waals surface area contributed by atoms with Gasteiger partial charge in [0.25, 0.3) is 0 Å². The summed E-state index contributed by atoms with van der Waals surface area (Å²) in [6.45, 7) is 9.64. The predicted molar refractivity (Wildman–Crippen MR) is 120 cm³/mol. The summed E-state index contributed by atoms with van der Waals surface area (Å²) in [7, 11) is 0. The van der Waals surface area contributed by atoms with E-state index in [9.17, 15) is 4.79 Å². The van der Waals surface area contributed by atoms with Crippen molar-refractivity contribution in [3.63, 3.8) is 0 Å². The highest BCUT2D eigenvalue weighted by Gasteiger charge is 2.31. The third-order valence-electron chi connectivity index (χ3n) is 5.27. The second-order valence-corrected chi connectivity index (χ2v) is 8.75. The van der Waals surface area contributed by atoms with Crippen molar-refractivity contribution in [3.8, 4) is 11.3 Å². The van der Waals surface area contributed by atoms with Crippen LogP contribution in [0.4, 0.5) is 10.6 Å². The molecular formula is C24H28N4O2. The number of aromatic nitrogens is 2. The van der Waals surface area contributed by atoms with Crippen molar-refractivity contribution in [2.75, 3.05) is 24.5 Å². The maximum atomic E-state index is 12.5. The van der Waals surface area contributed by atoms with Gasteiger partial charge in [-0.2, -0.15) is 0 Å². The first kappa shape index (κ1) is 20.1. The first-order valence-corrected chi connectivity index (χ1v) is 10.4. The highest BCUT2D eigenvalue weighted by atomic mass is 16.6. The monoisotopic (exact) mass is 404 g/mol. The second kappa shape index (κ2) is 7.94. The molecule has 1 amide bonds. The van der Waals surface area contributed by atoms with Gasteiger partial charge in [-0.25, -0.2) is 4.79 Å². The molecular weight excluding hydrogens is 376 g/mol. The number of fused-ring (bicyclic) bond motifs is 1. The molecule has 3 aromatic rings. The number of rotatable bonds is 2. The molecule has 0 aliphatic carbocycles. The molecule has 1 aliphatic rings. The Kier molecular flexibility index (Phi) is 5.33. The predicted octanol–water partition coefficient (Wildman–Crippen LogP) is 4.74. The van der Waals surface area contributed by atoms with Gasteiger partial charge in [0, 0.05) is 42.0 Å². The Morgan fingerprint density at radius 2 is 1.63 bits per heavy atom. The van der Waals surface area contributed by atoms with Crippen LogP contribution in [0.5, 0.6) is 0 Å². The molecule has 1 aromatic heterocycles. The number of benzene rings is 2. The highest BCUT2D eigenvalue weighted by Crippen LogP contribution is 2.32. The van der Waals surface area contributed by atoms with E-state index in [-0.39, 0.29) is 12.1 Å². The van der Waals surface area contributed by atoms with Gasteiger partial charge >= 0.3 is 6.09 Å². The van der Waals surface area contributed by atoms with E-state index in [4.69, 9.17) is 4.74 Å². The van der Waals surface area contributed by atoms with Crippen molar-refractivity contribution >= 4 is 22.7 Å².